The number of rotatable bonds is 7. The van der Waals surface area contributed by atoms with Crippen molar-refractivity contribution in [1.29, 1.82) is 0 Å². The van der Waals surface area contributed by atoms with E-state index in [-0.39, 0.29) is 42.8 Å². The molecule has 38 heavy (non-hydrogen) atoms. The Hall–Kier alpha value is -3.41. The van der Waals surface area contributed by atoms with Crippen molar-refractivity contribution in [3.63, 3.8) is 0 Å². The number of amides is 1. The highest BCUT2D eigenvalue weighted by Gasteiger charge is 2.42. The van der Waals surface area contributed by atoms with Gasteiger partial charge >= 0.3 is 0 Å². The van der Waals surface area contributed by atoms with Crippen LogP contribution >= 0.6 is 0 Å². The molecule has 2 saturated carbocycles. The molecule has 9 nitrogen and oxygen atoms in total. The zero-order valence-electron chi connectivity index (χ0n) is 21.4. The fourth-order valence-electron chi connectivity index (χ4n) is 5.38. The fraction of sp³-hybridized carbons (Fsp3) is 0.538. The number of hydrogen-bond acceptors (Lipinski definition) is 7. The van der Waals surface area contributed by atoms with E-state index in [9.17, 15) is 23.1 Å². The number of aromatic nitrogens is 4. The quantitative estimate of drug-likeness (QED) is 0.349. The highest BCUT2D eigenvalue weighted by molar-refractivity contribution is 5.85. The third-order valence-corrected chi connectivity index (χ3v) is 7.35. The number of nitrogens with one attached hydrogen (secondary N) is 3. The van der Waals surface area contributed by atoms with Crippen LogP contribution in [0.3, 0.4) is 0 Å². The number of carbonyl (C=O) groups excluding carboxylic acids is 1. The first-order chi connectivity index (χ1) is 18.1. The molecule has 2 aliphatic carbocycles. The Balaban J connectivity index is 1.46. The molecule has 0 saturated heterocycles. The first-order valence-electron chi connectivity index (χ1n) is 13.1. The van der Waals surface area contributed by atoms with E-state index in [0.29, 0.717) is 42.1 Å². The lowest BCUT2D eigenvalue weighted by atomic mass is 9.81. The van der Waals surface area contributed by atoms with Gasteiger partial charge in [-0.2, -0.15) is 4.98 Å². The highest BCUT2D eigenvalue weighted by atomic mass is 19.1. The van der Waals surface area contributed by atoms with E-state index >= 15 is 0 Å². The molecule has 0 spiro atoms. The van der Waals surface area contributed by atoms with E-state index in [1.54, 1.807) is 4.57 Å². The smallest absolute Gasteiger partial charge is 0.252 e. The van der Waals surface area contributed by atoms with Crippen LogP contribution in [-0.4, -0.2) is 48.2 Å². The summed E-state index contributed by atoms with van der Waals surface area (Å²) in [5.74, 6) is -3.12. The molecule has 1 aromatic carbocycles. The molecule has 3 aromatic rings. The van der Waals surface area contributed by atoms with Crippen molar-refractivity contribution < 1.29 is 23.1 Å². The van der Waals surface area contributed by atoms with Crippen molar-refractivity contribution in [2.75, 3.05) is 10.6 Å². The summed E-state index contributed by atoms with van der Waals surface area (Å²) in [6, 6.07) is 1.06. The van der Waals surface area contributed by atoms with Gasteiger partial charge in [-0.15, -0.1) is 0 Å². The maximum absolute atomic E-state index is 14.5. The number of hydrogen-bond donors (Lipinski definition) is 4. The van der Waals surface area contributed by atoms with Gasteiger partial charge < -0.3 is 21.1 Å². The van der Waals surface area contributed by atoms with Crippen LogP contribution in [-0.2, 0) is 4.79 Å². The maximum Gasteiger partial charge on any atom is 0.252 e. The third-order valence-electron chi connectivity index (χ3n) is 7.35. The van der Waals surface area contributed by atoms with Gasteiger partial charge in [-0.1, -0.05) is 12.8 Å². The van der Waals surface area contributed by atoms with Crippen LogP contribution in [0.15, 0.2) is 18.3 Å². The van der Waals surface area contributed by atoms with Gasteiger partial charge in [0, 0.05) is 30.3 Å². The summed E-state index contributed by atoms with van der Waals surface area (Å²) in [5, 5.41) is 20.0. The molecule has 0 aliphatic heterocycles. The van der Waals surface area contributed by atoms with Gasteiger partial charge in [0.25, 0.3) is 5.91 Å². The predicted molar refractivity (Wildman–Crippen MR) is 137 cm³/mol. The molecule has 2 heterocycles. The Morgan fingerprint density at radius 3 is 2.37 bits per heavy atom. The van der Waals surface area contributed by atoms with E-state index < -0.39 is 28.7 Å². The van der Waals surface area contributed by atoms with Crippen LogP contribution in [0, 0.1) is 17.5 Å². The molecule has 4 N–H and O–H groups in total. The molecule has 0 bridgehead atoms. The molecule has 1 amide bonds. The average molecular weight is 532 g/mol. The largest absolute Gasteiger partial charge is 0.380 e. The van der Waals surface area contributed by atoms with Crippen LogP contribution in [0.25, 0.3) is 11.2 Å². The normalized spacial score (nSPS) is 22.2. The maximum atomic E-state index is 14.5. The summed E-state index contributed by atoms with van der Waals surface area (Å²) in [4.78, 5) is 26.3. The second kappa shape index (κ2) is 10.4. The number of benzene rings is 1. The summed E-state index contributed by atoms with van der Waals surface area (Å²) >= 11 is 0. The lowest BCUT2D eigenvalue weighted by Gasteiger charge is -2.36. The second-order valence-electron chi connectivity index (χ2n) is 10.6. The fourth-order valence-corrected chi connectivity index (χ4v) is 5.38. The van der Waals surface area contributed by atoms with Gasteiger partial charge in [0.1, 0.15) is 22.6 Å². The number of nitrogens with zero attached hydrogens (tertiary/aromatic N) is 4. The molecule has 0 radical (unpaired) electrons. The number of fused-ring (bicyclic) bond motifs is 1. The van der Waals surface area contributed by atoms with E-state index in [0.717, 1.165) is 25.7 Å². The predicted octanol–water partition coefficient (Wildman–Crippen LogP) is 4.71. The number of aliphatic hydroxyl groups is 1. The third kappa shape index (κ3) is 5.27. The Labute approximate surface area is 218 Å². The molecular formula is C26H32F3N7O2. The SMILES string of the molecule is CC(C)Nc1ncc2nc(Nc3c(F)cc(F)cc3F)n(C3CCC(O)(C(=O)NC4CCCC4)CC3)c2n1. The van der Waals surface area contributed by atoms with Gasteiger partial charge in [-0.25, -0.2) is 23.1 Å². The molecule has 204 valence electrons. The van der Waals surface area contributed by atoms with Crippen LogP contribution in [0.2, 0.25) is 0 Å². The minimum absolute atomic E-state index is 0.0619. The summed E-state index contributed by atoms with van der Waals surface area (Å²) in [5.41, 5.74) is -1.21. The molecule has 2 aromatic heterocycles. The van der Waals surface area contributed by atoms with E-state index in [1.807, 2.05) is 13.8 Å². The van der Waals surface area contributed by atoms with Gasteiger partial charge in [0.05, 0.1) is 6.20 Å². The van der Waals surface area contributed by atoms with Crippen molar-refractivity contribution in [3.8, 4) is 0 Å². The lowest BCUT2D eigenvalue weighted by molar-refractivity contribution is -0.144. The number of imidazole rings is 1. The van der Waals surface area contributed by atoms with E-state index in [4.69, 9.17) is 0 Å². The average Bonchev–Trinajstić information content (AvgIpc) is 3.49. The van der Waals surface area contributed by atoms with Crippen molar-refractivity contribution in [3.05, 3.63) is 35.8 Å². The zero-order valence-corrected chi connectivity index (χ0v) is 21.4. The van der Waals surface area contributed by atoms with Crippen LogP contribution < -0.4 is 16.0 Å². The molecule has 0 unspecified atom stereocenters. The summed E-state index contributed by atoms with van der Waals surface area (Å²) in [7, 11) is 0. The van der Waals surface area contributed by atoms with Crippen molar-refractivity contribution in [2.45, 2.75) is 88.9 Å². The monoisotopic (exact) mass is 531 g/mol. The van der Waals surface area contributed by atoms with Crippen LogP contribution in [0.5, 0.6) is 0 Å². The number of anilines is 3. The van der Waals surface area contributed by atoms with Crippen LogP contribution in [0.1, 0.15) is 71.3 Å². The molecular weight excluding hydrogens is 499 g/mol. The Kier molecular flexibility index (Phi) is 7.17. The Morgan fingerprint density at radius 1 is 1.08 bits per heavy atom. The van der Waals surface area contributed by atoms with Crippen molar-refractivity contribution in [2.24, 2.45) is 0 Å². The van der Waals surface area contributed by atoms with Gasteiger partial charge in [0.2, 0.25) is 11.9 Å². The highest BCUT2D eigenvalue weighted by Crippen LogP contribution is 2.39. The summed E-state index contributed by atoms with van der Waals surface area (Å²) in [6.07, 6.45) is 6.71. The standard InChI is InChI=1S/C26H32F3N7O2/c1-14(2)31-24-30-13-20-22(35-24)36(25(33-20)34-21-18(28)11-15(27)12-19(21)29)17-7-9-26(38,10-8-17)23(37)32-16-5-3-4-6-16/h11-14,16-17,38H,3-10H2,1-2H3,(H,32,37)(H,33,34)(H,30,31,35). The first kappa shape index (κ1) is 26.2. The minimum Gasteiger partial charge on any atom is -0.380 e. The summed E-state index contributed by atoms with van der Waals surface area (Å²) in [6.45, 7) is 3.88. The minimum atomic E-state index is -1.49. The van der Waals surface area contributed by atoms with Crippen molar-refractivity contribution in [1.82, 2.24) is 24.8 Å². The van der Waals surface area contributed by atoms with Gasteiger partial charge in [-0.05, 0) is 52.4 Å². The Morgan fingerprint density at radius 2 is 1.74 bits per heavy atom. The van der Waals surface area contributed by atoms with Gasteiger partial charge in [0.15, 0.2) is 17.3 Å². The van der Waals surface area contributed by atoms with Crippen molar-refractivity contribution >= 4 is 34.7 Å². The summed E-state index contributed by atoms with van der Waals surface area (Å²) < 4.78 is 44.2. The first-order valence-corrected chi connectivity index (χ1v) is 13.1. The molecule has 5 rings (SSSR count). The van der Waals surface area contributed by atoms with E-state index in [1.165, 1.54) is 6.20 Å². The van der Waals surface area contributed by atoms with Crippen LogP contribution in [0.4, 0.5) is 30.8 Å². The second-order valence-corrected chi connectivity index (χ2v) is 10.6. The zero-order chi connectivity index (χ0) is 27.0. The lowest BCUT2D eigenvalue weighted by Crippen LogP contribution is -2.51. The Bertz CT molecular complexity index is 1310. The number of carbonyl (C=O) groups is 1. The molecule has 12 heteroatoms. The molecule has 0 atom stereocenters. The van der Waals surface area contributed by atoms with Gasteiger partial charge in [-0.3, -0.25) is 9.36 Å². The molecule has 2 fully saturated rings. The van der Waals surface area contributed by atoms with E-state index in [2.05, 4.69) is 30.9 Å². The number of halogens is 3. The topological polar surface area (TPSA) is 117 Å². The molecule has 2 aliphatic rings.